The minimum Gasteiger partial charge on any atom is -0.494 e. The first kappa shape index (κ1) is 25.9. The quantitative estimate of drug-likeness (QED) is 0.513. The van der Waals surface area contributed by atoms with Gasteiger partial charge in [-0.15, -0.1) is 0 Å². The molecule has 0 unspecified atom stereocenters. The number of carbonyl (C=O) groups excluding carboxylic acids is 1. The molecule has 1 heterocycles. The number of ether oxygens (including phenoxy) is 1. The number of aryl methyl sites for hydroxylation is 1. The maximum absolute atomic E-state index is 12.9. The first-order valence-corrected chi connectivity index (χ1v) is 10.7. The van der Waals surface area contributed by atoms with E-state index >= 15 is 0 Å². The van der Waals surface area contributed by atoms with Crippen LogP contribution in [0.3, 0.4) is 0 Å². The summed E-state index contributed by atoms with van der Waals surface area (Å²) in [6.45, 7) is 5.16. The van der Waals surface area contributed by atoms with Crippen molar-refractivity contribution in [2.24, 2.45) is 5.92 Å². The highest BCUT2D eigenvalue weighted by atomic mass is 16.5. The normalized spacial score (nSPS) is 19.4. The smallest absolute Gasteiger partial charge is 0.290 e. The van der Waals surface area contributed by atoms with Crippen molar-refractivity contribution in [3.8, 4) is 5.75 Å². The first-order valence-electron chi connectivity index (χ1n) is 10.7. The standard InChI is InChI=1S/C22H37N3O2.CH2O2/c1-6-18-8-12-21(13-9-18)27-15-7-14-25(5)22(26)19-10-11-20(23(2)3)17-24(4)16-19;2-1-3/h8-9,12-13,19-20H,6-7,10-11,14-17H2,1-5H3;1H,(H,2,3)/t19-,20+;/m1./s1. The van der Waals surface area contributed by atoms with Gasteiger partial charge in [0.25, 0.3) is 6.47 Å². The summed E-state index contributed by atoms with van der Waals surface area (Å²) in [4.78, 5) is 27.7. The van der Waals surface area contributed by atoms with E-state index in [4.69, 9.17) is 14.6 Å². The van der Waals surface area contributed by atoms with Crippen LogP contribution in [0.1, 0.15) is 31.7 Å². The van der Waals surface area contributed by atoms with Gasteiger partial charge in [0.15, 0.2) is 0 Å². The van der Waals surface area contributed by atoms with Gasteiger partial charge in [0.05, 0.1) is 12.5 Å². The van der Waals surface area contributed by atoms with Crippen molar-refractivity contribution in [2.75, 3.05) is 54.4 Å². The molecule has 170 valence electrons. The fraction of sp³-hybridized carbons (Fsp3) is 0.652. The number of likely N-dealkylation sites (tertiary alicyclic amines) is 1. The van der Waals surface area contributed by atoms with Crippen molar-refractivity contribution in [2.45, 2.75) is 38.6 Å². The van der Waals surface area contributed by atoms with Gasteiger partial charge in [-0.05, 0) is 64.5 Å². The molecule has 0 spiro atoms. The predicted octanol–water partition coefficient (Wildman–Crippen LogP) is 2.45. The SMILES string of the molecule is CCc1ccc(OCCCN(C)C(=O)[C@@H]2CC[C@H](N(C)C)CN(C)C2)cc1.O=CO. The molecule has 0 radical (unpaired) electrons. The molecule has 30 heavy (non-hydrogen) atoms. The number of carboxylic acid groups (broad SMARTS) is 1. The van der Waals surface area contributed by atoms with Crippen molar-refractivity contribution < 1.29 is 19.4 Å². The third kappa shape index (κ3) is 9.13. The average molecular weight is 422 g/mol. The highest BCUT2D eigenvalue weighted by molar-refractivity contribution is 5.78. The molecule has 0 aliphatic carbocycles. The second kappa shape index (κ2) is 14.0. The van der Waals surface area contributed by atoms with Crippen LogP contribution in [0.25, 0.3) is 0 Å². The summed E-state index contributed by atoms with van der Waals surface area (Å²) in [6, 6.07) is 8.79. The van der Waals surface area contributed by atoms with Crippen LogP contribution in [0, 0.1) is 5.92 Å². The van der Waals surface area contributed by atoms with E-state index in [1.165, 1.54) is 5.56 Å². The average Bonchev–Trinajstić information content (AvgIpc) is 2.93. The van der Waals surface area contributed by atoms with Gasteiger partial charge in [0.2, 0.25) is 5.91 Å². The summed E-state index contributed by atoms with van der Waals surface area (Å²) < 4.78 is 5.81. The molecule has 7 heteroatoms. The minimum absolute atomic E-state index is 0.104. The third-order valence-electron chi connectivity index (χ3n) is 5.60. The van der Waals surface area contributed by atoms with Crippen LogP contribution in [0.5, 0.6) is 5.75 Å². The van der Waals surface area contributed by atoms with E-state index in [9.17, 15) is 4.79 Å². The number of likely N-dealkylation sites (N-methyl/N-ethyl adjacent to an activating group) is 2. The van der Waals surface area contributed by atoms with Crippen molar-refractivity contribution >= 4 is 12.4 Å². The maximum atomic E-state index is 12.9. The Morgan fingerprint density at radius 2 is 1.83 bits per heavy atom. The van der Waals surface area contributed by atoms with Crippen molar-refractivity contribution in [3.63, 3.8) is 0 Å². The third-order valence-corrected chi connectivity index (χ3v) is 5.60. The predicted molar refractivity (Wildman–Crippen MR) is 120 cm³/mol. The largest absolute Gasteiger partial charge is 0.494 e. The van der Waals surface area contributed by atoms with Gasteiger partial charge in [0.1, 0.15) is 5.75 Å². The van der Waals surface area contributed by atoms with Crippen LogP contribution < -0.4 is 4.74 Å². The zero-order valence-corrected chi connectivity index (χ0v) is 19.2. The zero-order chi connectivity index (χ0) is 22.5. The van der Waals surface area contributed by atoms with Gasteiger partial charge in [-0.2, -0.15) is 0 Å². The Balaban J connectivity index is 0.00000141. The Bertz CT molecular complexity index is 621. The minimum atomic E-state index is -0.250. The lowest BCUT2D eigenvalue weighted by Gasteiger charge is -2.26. The number of hydrogen-bond donors (Lipinski definition) is 1. The first-order chi connectivity index (χ1) is 14.3. The van der Waals surface area contributed by atoms with E-state index in [1.807, 2.05) is 24.1 Å². The van der Waals surface area contributed by atoms with E-state index in [0.717, 1.165) is 51.1 Å². The summed E-state index contributed by atoms with van der Waals surface area (Å²) in [5, 5.41) is 6.89. The molecule has 0 saturated carbocycles. The number of carbonyl (C=O) groups is 2. The summed E-state index contributed by atoms with van der Waals surface area (Å²) in [6.07, 6.45) is 3.94. The van der Waals surface area contributed by atoms with Crippen LogP contribution >= 0.6 is 0 Å². The van der Waals surface area contributed by atoms with Crippen LogP contribution in [0.15, 0.2) is 24.3 Å². The van der Waals surface area contributed by atoms with Gasteiger partial charge >= 0.3 is 0 Å². The molecule has 1 saturated heterocycles. The Kier molecular flexibility index (Phi) is 12.1. The molecule has 1 amide bonds. The molecule has 1 aromatic carbocycles. The van der Waals surface area contributed by atoms with Gasteiger partial charge in [-0.3, -0.25) is 9.59 Å². The Morgan fingerprint density at radius 1 is 1.20 bits per heavy atom. The van der Waals surface area contributed by atoms with Crippen molar-refractivity contribution in [3.05, 3.63) is 29.8 Å². The summed E-state index contributed by atoms with van der Waals surface area (Å²) in [7, 11) is 8.30. The lowest BCUT2D eigenvalue weighted by molar-refractivity contribution is -0.135. The van der Waals surface area contributed by atoms with Gasteiger partial charge < -0.3 is 24.5 Å². The van der Waals surface area contributed by atoms with Crippen LogP contribution in [-0.2, 0) is 16.0 Å². The van der Waals surface area contributed by atoms with Gasteiger partial charge in [0, 0.05) is 32.7 Å². The summed E-state index contributed by atoms with van der Waals surface area (Å²) in [5.74, 6) is 1.28. The lowest BCUT2D eigenvalue weighted by Crippen LogP contribution is -2.40. The van der Waals surface area contributed by atoms with E-state index in [2.05, 4.69) is 50.0 Å². The molecule has 1 N–H and O–H groups in total. The molecular formula is C23H39N3O4. The summed E-state index contributed by atoms with van der Waals surface area (Å²) >= 11 is 0. The number of amides is 1. The molecule has 1 aliphatic heterocycles. The second-order valence-corrected chi connectivity index (χ2v) is 8.18. The van der Waals surface area contributed by atoms with Gasteiger partial charge in [-0.1, -0.05) is 19.1 Å². The van der Waals surface area contributed by atoms with Crippen molar-refractivity contribution in [1.82, 2.24) is 14.7 Å². The molecule has 2 atom stereocenters. The van der Waals surface area contributed by atoms with Gasteiger partial charge in [-0.25, -0.2) is 0 Å². The number of nitrogens with zero attached hydrogens (tertiary/aromatic N) is 3. The van der Waals surface area contributed by atoms with Crippen LogP contribution in [-0.4, -0.2) is 92.7 Å². The molecule has 0 bridgehead atoms. The van der Waals surface area contributed by atoms with Crippen molar-refractivity contribution in [1.29, 1.82) is 0 Å². The fourth-order valence-electron chi connectivity index (χ4n) is 3.74. The van der Waals surface area contributed by atoms with Crippen LogP contribution in [0.4, 0.5) is 0 Å². The van der Waals surface area contributed by atoms with E-state index in [0.29, 0.717) is 12.6 Å². The topological polar surface area (TPSA) is 73.3 Å². The van der Waals surface area contributed by atoms with Crippen LogP contribution in [0.2, 0.25) is 0 Å². The van der Waals surface area contributed by atoms with E-state index in [1.54, 1.807) is 0 Å². The lowest BCUT2D eigenvalue weighted by atomic mass is 10.00. The highest BCUT2D eigenvalue weighted by Gasteiger charge is 2.29. The molecule has 7 nitrogen and oxygen atoms in total. The zero-order valence-electron chi connectivity index (χ0n) is 19.2. The fourth-order valence-corrected chi connectivity index (χ4v) is 3.74. The Morgan fingerprint density at radius 3 is 2.40 bits per heavy atom. The second-order valence-electron chi connectivity index (χ2n) is 8.18. The number of benzene rings is 1. The molecule has 1 fully saturated rings. The molecular weight excluding hydrogens is 382 g/mol. The summed E-state index contributed by atoms with van der Waals surface area (Å²) in [5.41, 5.74) is 1.32. The Hall–Kier alpha value is -2.12. The highest BCUT2D eigenvalue weighted by Crippen LogP contribution is 2.20. The molecule has 1 aliphatic rings. The molecule has 0 aromatic heterocycles. The number of hydrogen-bond acceptors (Lipinski definition) is 5. The molecule has 1 aromatic rings. The monoisotopic (exact) mass is 421 g/mol. The Labute approximate surface area is 181 Å². The number of rotatable bonds is 8. The van der Waals surface area contributed by atoms with E-state index in [-0.39, 0.29) is 18.3 Å². The van der Waals surface area contributed by atoms with E-state index < -0.39 is 0 Å². The maximum Gasteiger partial charge on any atom is 0.290 e. The molecule has 2 rings (SSSR count).